The Hall–Kier alpha value is -0.680. The average molecular weight is 412 g/mol. The number of ether oxygens (including phenoxy) is 1. The van der Waals surface area contributed by atoms with Crippen molar-refractivity contribution in [3.8, 4) is 0 Å². The summed E-state index contributed by atoms with van der Waals surface area (Å²) in [6, 6.07) is 3.84. The minimum atomic E-state index is -0.750. The monoisotopic (exact) mass is 410 g/mol. The van der Waals surface area contributed by atoms with Crippen LogP contribution < -0.4 is 0 Å². The van der Waals surface area contributed by atoms with Gasteiger partial charge in [-0.2, -0.15) is 0 Å². The van der Waals surface area contributed by atoms with Crippen LogP contribution in [0.15, 0.2) is 30.5 Å². The molecule has 0 radical (unpaired) electrons. The van der Waals surface area contributed by atoms with Gasteiger partial charge in [0.1, 0.15) is 5.15 Å². The van der Waals surface area contributed by atoms with E-state index in [1.165, 1.54) is 0 Å². The van der Waals surface area contributed by atoms with E-state index in [1.54, 1.807) is 12.3 Å². The van der Waals surface area contributed by atoms with E-state index in [4.69, 9.17) is 51.1 Å². The maximum absolute atomic E-state index is 12.3. The quantitative estimate of drug-likeness (QED) is 0.363. The first-order valence-corrected chi connectivity index (χ1v) is 9.29. The van der Waals surface area contributed by atoms with Gasteiger partial charge in [-0.15, -0.1) is 0 Å². The second-order valence-electron chi connectivity index (χ2n) is 5.41. The van der Waals surface area contributed by atoms with Crippen LogP contribution in [0.25, 0.3) is 0 Å². The number of halogens is 4. The van der Waals surface area contributed by atoms with E-state index >= 15 is 0 Å². The lowest BCUT2D eigenvalue weighted by Crippen LogP contribution is -2.50. The number of carbonyl (C=O) groups is 1. The summed E-state index contributed by atoms with van der Waals surface area (Å²) in [6.07, 6.45) is 7.93. The Labute approximate surface area is 161 Å². The highest BCUT2D eigenvalue weighted by Crippen LogP contribution is 2.44. The predicted molar refractivity (Wildman–Crippen MR) is 97.8 cm³/mol. The van der Waals surface area contributed by atoms with Gasteiger partial charge in [-0.3, -0.25) is 4.90 Å². The molecule has 1 saturated heterocycles. The van der Waals surface area contributed by atoms with Crippen molar-refractivity contribution in [1.29, 1.82) is 0 Å². The molecule has 1 aromatic rings. The third-order valence-corrected chi connectivity index (χ3v) is 4.23. The van der Waals surface area contributed by atoms with Crippen molar-refractivity contribution in [2.45, 2.75) is 36.1 Å². The average Bonchev–Trinajstić information content (AvgIpc) is 2.55. The molecule has 1 aliphatic carbocycles. The fourth-order valence-corrected chi connectivity index (χ4v) is 3.26. The van der Waals surface area contributed by atoms with Crippen molar-refractivity contribution in [3.63, 3.8) is 0 Å². The maximum atomic E-state index is 12.3. The Bertz CT molecular complexity index is 577. The number of rotatable bonds is 2. The van der Waals surface area contributed by atoms with E-state index in [1.807, 2.05) is 17.9 Å². The minimum Gasteiger partial charge on any atom is -0.450 e. The zero-order valence-electron chi connectivity index (χ0n) is 13.0. The van der Waals surface area contributed by atoms with E-state index in [2.05, 4.69) is 17.1 Å². The second-order valence-corrected chi connectivity index (χ2v) is 7.77. The molecule has 0 aromatic carbocycles. The molecular formula is C16H18Cl4N2O2. The van der Waals surface area contributed by atoms with Gasteiger partial charge in [-0.25, -0.2) is 9.78 Å². The number of carbonyl (C=O) groups excluding carboxylic acids is 1. The fraction of sp³-hybridized carbons (Fsp3) is 0.500. The molecule has 4 rings (SSSR count). The summed E-state index contributed by atoms with van der Waals surface area (Å²) in [4.78, 5) is 18.3. The molecular weight excluding hydrogens is 394 g/mol. The van der Waals surface area contributed by atoms with Crippen LogP contribution in [-0.4, -0.2) is 32.9 Å². The topological polar surface area (TPSA) is 42.4 Å². The number of fused-ring (bicyclic) bond motifs is 2. The lowest BCUT2D eigenvalue weighted by atomic mass is 9.77. The zero-order valence-corrected chi connectivity index (χ0v) is 16.1. The predicted octanol–water partition coefficient (Wildman–Crippen LogP) is 5.57. The number of piperidine rings is 1. The van der Waals surface area contributed by atoms with Crippen LogP contribution in [0.3, 0.4) is 0 Å². The number of amides is 1. The molecule has 2 aliphatic heterocycles. The highest BCUT2D eigenvalue weighted by molar-refractivity contribution is 6.63. The summed E-state index contributed by atoms with van der Waals surface area (Å²) in [5, 5.41) is 0.466. The first kappa shape index (κ1) is 19.6. The van der Waals surface area contributed by atoms with Crippen LogP contribution in [-0.2, 0) is 4.74 Å². The zero-order chi connectivity index (χ0) is 17.7. The van der Waals surface area contributed by atoms with Gasteiger partial charge in [0, 0.05) is 12.1 Å². The molecule has 4 nitrogen and oxygen atoms in total. The number of hydrogen-bond donors (Lipinski definition) is 0. The molecule has 0 spiro atoms. The highest BCUT2D eigenvalue weighted by atomic mass is 35.6. The molecule has 8 heteroatoms. The first-order valence-electron chi connectivity index (χ1n) is 7.61. The number of aromatic nitrogens is 1. The van der Waals surface area contributed by atoms with Gasteiger partial charge in [0.25, 0.3) is 0 Å². The standard InChI is InChI=1S/C15H17ClN2O2.CHCl3/c1-2-20-15(19)18-12-6-3-10(4-7-12)14(18)11-5-8-13(16)17-9-11;2-1(3)4/h3,5-6,8-10,12,14H,2,4,7H2,1H3;1H. The number of hydrogen-bond acceptors (Lipinski definition) is 3. The van der Waals surface area contributed by atoms with Crippen LogP contribution in [0.5, 0.6) is 0 Å². The molecule has 3 atom stereocenters. The maximum Gasteiger partial charge on any atom is 0.410 e. The van der Waals surface area contributed by atoms with Gasteiger partial charge in [-0.1, -0.05) is 64.6 Å². The summed E-state index contributed by atoms with van der Waals surface area (Å²) in [7, 11) is 0. The Kier molecular flexibility index (Phi) is 7.48. The Balaban J connectivity index is 0.000000471. The van der Waals surface area contributed by atoms with E-state index < -0.39 is 4.30 Å². The van der Waals surface area contributed by atoms with Gasteiger partial charge < -0.3 is 4.74 Å². The Morgan fingerprint density at radius 3 is 2.54 bits per heavy atom. The molecule has 2 bridgehead atoms. The van der Waals surface area contributed by atoms with Crippen molar-refractivity contribution >= 4 is 52.5 Å². The molecule has 0 saturated carbocycles. The lowest BCUT2D eigenvalue weighted by Gasteiger charge is -2.47. The largest absolute Gasteiger partial charge is 0.450 e. The summed E-state index contributed by atoms with van der Waals surface area (Å²) < 4.78 is 4.47. The van der Waals surface area contributed by atoms with Gasteiger partial charge in [0.2, 0.25) is 0 Å². The van der Waals surface area contributed by atoms with Crippen molar-refractivity contribution < 1.29 is 9.53 Å². The number of nitrogens with zero attached hydrogens (tertiary/aromatic N) is 2. The molecule has 3 aliphatic rings. The molecule has 1 amide bonds. The van der Waals surface area contributed by atoms with E-state index in [9.17, 15) is 4.79 Å². The molecule has 1 fully saturated rings. The molecule has 3 unspecified atom stereocenters. The van der Waals surface area contributed by atoms with Gasteiger partial charge >= 0.3 is 6.09 Å². The lowest BCUT2D eigenvalue weighted by molar-refractivity contribution is 0.0386. The fourth-order valence-electron chi connectivity index (χ4n) is 3.15. The SMILES string of the molecule is CCOC(=O)N1C2C=CC(CC2)C1c1ccc(Cl)nc1.ClC(Cl)Cl. The number of alkyl halides is 3. The third kappa shape index (κ3) is 4.92. The van der Waals surface area contributed by atoms with Crippen LogP contribution in [0.2, 0.25) is 5.15 Å². The molecule has 0 N–H and O–H groups in total. The summed E-state index contributed by atoms with van der Waals surface area (Å²) in [6.45, 7) is 2.22. The third-order valence-electron chi connectivity index (χ3n) is 4.01. The molecule has 24 heavy (non-hydrogen) atoms. The summed E-state index contributed by atoms with van der Waals surface area (Å²) in [5.41, 5.74) is 1.02. The Morgan fingerprint density at radius 2 is 2.04 bits per heavy atom. The van der Waals surface area contributed by atoms with Gasteiger partial charge in [0.05, 0.1) is 18.7 Å². The van der Waals surface area contributed by atoms with E-state index in [-0.39, 0.29) is 18.2 Å². The van der Waals surface area contributed by atoms with Crippen molar-refractivity contribution in [2.24, 2.45) is 5.92 Å². The second kappa shape index (κ2) is 9.14. The highest BCUT2D eigenvalue weighted by Gasteiger charge is 2.42. The smallest absolute Gasteiger partial charge is 0.410 e. The van der Waals surface area contributed by atoms with Gasteiger partial charge in [0.15, 0.2) is 4.30 Å². The number of pyridine rings is 1. The van der Waals surface area contributed by atoms with Crippen molar-refractivity contribution in [2.75, 3.05) is 6.61 Å². The Morgan fingerprint density at radius 1 is 1.33 bits per heavy atom. The van der Waals surface area contributed by atoms with E-state index in [0.717, 1.165) is 18.4 Å². The van der Waals surface area contributed by atoms with Crippen molar-refractivity contribution in [3.05, 3.63) is 41.2 Å². The molecule has 1 aromatic heterocycles. The van der Waals surface area contributed by atoms with Crippen LogP contribution in [0, 0.1) is 5.92 Å². The molecule has 132 valence electrons. The van der Waals surface area contributed by atoms with Crippen LogP contribution in [0.4, 0.5) is 4.79 Å². The normalized spacial score (nSPS) is 24.6. The minimum absolute atomic E-state index is 0.00238. The molecule has 3 heterocycles. The summed E-state index contributed by atoms with van der Waals surface area (Å²) >= 11 is 20.3. The van der Waals surface area contributed by atoms with E-state index in [0.29, 0.717) is 17.7 Å². The van der Waals surface area contributed by atoms with Crippen LogP contribution >= 0.6 is 46.4 Å². The van der Waals surface area contributed by atoms with Crippen molar-refractivity contribution in [1.82, 2.24) is 9.88 Å². The summed E-state index contributed by atoms with van der Waals surface area (Å²) in [5.74, 6) is 0.326. The van der Waals surface area contributed by atoms with Gasteiger partial charge in [-0.05, 0) is 31.4 Å². The van der Waals surface area contributed by atoms with Crippen LogP contribution in [0.1, 0.15) is 31.4 Å². The first-order chi connectivity index (χ1) is 11.4.